The topological polar surface area (TPSA) is 78.4 Å². The summed E-state index contributed by atoms with van der Waals surface area (Å²) in [6.45, 7) is 3.71. The average molecular weight is 316 g/mol. The highest BCUT2D eigenvalue weighted by molar-refractivity contribution is 5.35. The van der Waals surface area contributed by atoms with E-state index in [1.807, 2.05) is 32.2 Å². The molecule has 0 aliphatic heterocycles. The van der Waals surface area contributed by atoms with Gasteiger partial charge in [0.15, 0.2) is 5.65 Å². The van der Waals surface area contributed by atoms with Crippen LogP contribution >= 0.6 is 0 Å². The highest BCUT2D eigenvalue weighted by Gasteiger charge is 2.13. The van der Waals surface area contributed by atoms with Crippen molar-refractivity contribution in [3.05, 3.63) is 46.1 Å². The van der Waals surface area contributed by atoms with Gasteiger partial charge >= 0.3 is 5.69 Å². The Morgan fingerprint density at radius 3 is 2.87 bits per heavy atom. The van der Waals surface area contributed by atoms with Crippen LogP contribution in [-0.2, 0) is 20.1 Å². The van der Waals surface area contributed by atoms with Crippen LogP contribution < -0.4 is 15.7 Å². The Bertz CT molecular complexity index is 876. The number of pyridine rings is 1. The van der Waals surface area contributed by atoms with Crippen molar-refractivity contribution in [2.24, 2.45) is 7.05 Å². The Kier molecular flexibility index (Phi) is 4.16. The van der Waals surface area contributed by atoms with E-state index in [9.17, 15) is 4.79 Å². The lowest BCUT2D eigenvalue weighted by Crippen LogP contribution is -2.27. The lowest BCUT2D eigenvalue weighted by molar-refractivity contribution is 0.367. The first-order valence-corrected chi connectivity index (χ1v) is 7.43. The van der Waals surface area contributed by atoms with Crippen LogP contribution in [0.15, 0.2) is 29.2 Å². The number of hydrogen-bond donors (Lipinski definition) is 1. The van der Waals surface area contributed by atoms with Crippen molar-refractivity contribution in [3.8, 4) is 5.88 Å². The molecule has 23 heavy (non-hydrogen) atoms. The zero-order chi connectivity index (χ0) is 16.4. The summed E-state index contributed by atoms with van der Waals surface area (Å²) in [6, 6.07) is 5.49. The number of methoxy groups -OCH3 is 1. The summed E-state index contributed by atoms with van der Waals surface area (Å²) in [7, 11) is 3.49. The van der Waals surface area contributed by atoms with Gasteiger partial charge in [-0.15, -0.1) is 5.10 Å². The normalized spacial score (nSPS) is 11.3. The molecule has 0 spiro atoms. The number of aryl methyl sites for hydroxylation is 2. The Morgan fingerprint density at radius 2 is 2.13 bits per heavy atom. The molecular weight excluding hydrogens is 296 g/mol. The van der Waals surface area contributed by atoms with E-state index in [0.29, 0.717) is 25.3 Å². The first-order chi connectivity index (χ1) is 11.1. The third kappa shape index (κ3) is 2.85. The second-order valence-corrected chi connectivity index (χ2v) is 5.31. The van der Waals surface area contributed by atoms with Gasteiger partial charge in [0.05, 0.1) is 24.9 Å². The van der Waals surface area contributed by atoms with E-state index in [1.165, 1.54) is 9.08 Å². The third-order valence-corrected chi connectivity index (χ3v) is 3.77. The zero-order valence-corrected chi connectivity index (χ0v) is 13.5. The monoisotopic (exact) mass is 316 g/mol. The standard InChI is InChI=1S/C15H20N6O2/c1-11-12(14(23-3)19(2)17-11)10-16-7-9-21-15(22)20-8-5-4-6-13(20)18-21/h4-6,8,16H,7,9-10H2,1-3H3. The third-order valence-electron chi connectivity index (χ3n) is 3.77. The molecule has 0 radical (unpaired) electrons. The van der Waals surface area contributed by atoms with Gasteiger partial charge in [-0.3, -0.25) is 4.40 Å². The Labute approximate surface area is 133 Å². The zero-order valence-electron chi connectivity index (χ0n) is 13.5. The number of rotatable bonds is 6. The van der Waals surface area contributed by atoms with Gasteiger partial charge in [0.25, 0.3) is 0 Å². The molecule has 122 valence electrons. The molecule has 0 bridgehead atoms. The first kappa shape index (κ1) is 15.3. The van der Waals surface area contributed by atoms with Gasteiger partial charge in [-0.1, -0.05) is 6.07 Å². The molecule has 0 fully saturated rings. The van der Waals surface area contributed by atoms with Gasteiger partial charge < -0.3 is 10.1 Å². The molecule has 1 N–H and O–H groups in total. The molecule has 3 aromatic heterocycles. The molecule has 0 unspecified atom stereocenters. The summed E-state index contributed by atoms with van der Waals surface area (Å²) in [5, 5.41) is 11.9. The predicted octanol–water partition coefficient (Wildman–Crippen LogP) is 0.336. The lowest BCUT2D eigenvalue weighted by Gasteiger charge is -2.06. The molecule has 0 aliphatic rings. The van der Waals surface area contributed by atoms with E-state index in [4.69, 9.17) is 4.74 Å². The van der Waals surface area contributed by atoms with Crippen LogP contribution in [0.4, 0.5) is 0 Å². The van der Waals surface area contributed by atoms with Crippen molar-refractivity contribution in [2.75, 3.05) is 13.7 Å². The molecule has 0 saturated carbocycles. The van der Waals surface area contributed by atoms with Crippen LogP contribution in [0, 0.1) is 6.92 Å². The fourth-order valence-corrected chi connectivity index (χ4v) is 2.65. The molecule has 0 aromatic carbocycles. The van der Waals surface area contributed by atoms with E-state index in [2.05, 4.69) is 15.5 Å². The number of nitrogens with one attached hydrogen (secondary N) is 1. The molecule has 0 saturated heterocycles. The van der Waals surface area contributed by atoms with Crippen LogP contribution in [0.25, 0.3) is 5.65 Å². The molecule has 3 rings (SSSR count). The lowest BCUT2D eigenvalue weighted by atomic mass is 10.2. The summed E-state index contributed by atoms with van der Waals surface area (Å²) >= 11 is 0. The Balaban J connectivity index is 1.64. The summed E-state index contributed by atoms with van der Waals surface area (Å²) in [6.07, 6.45) is 1.72. The van der Waals surface area contributed by atoms with Crippen molar-refractivity contribution >= 4 is 5.65 Å². The molecule has 8 nitrogen and oxygen atoms in total. The average Bonchev–Trinajstić information content (AvgIpc) is 3.01. The Morgan fingerprint density at radius 1 is 1.30 bits per heavy atom. The van der Waals surface area contributed by atoms with Crippen molar-refractivity contribution < 1.29 is 4.74 Å². The van der Waals surface area contributed by atoms with Crippen LogP contribution in [0.5, 0.6) is 5.88 Å². The molecule has 8 heteroatoms. The predicted molar refractivity (Wildman–Crippen MR) is 85.7 cm³/mol. The number of ether oxygens (including phenoxy) is 1. The minimum Gasteiger partial charge on any atom is -0.481 e. The number of nitrogens with zero attached hydrogens (tertiary/aromatic N) is 5. The molecular formula is C15H20N6O2. The number of hydrogen-bond acceptors (Lipinski definition) is 5. The van der Waals surface area contributed by atoms with Crippen LogP contribution in [0.1, 0.15) is 11.3 Å². The highest BCUT2D eigenvalue weighted by atomic mass is 16.5. The second-order valence-electron chi connectivity index (χ2n) is 5.31. The van der Waals surface area contributed by atoms with Crippen molar-refractivity contribution in [2.45, 2.75) is 20.0 Å². The first-order valence-electron chi connectivity index (χ1n) is 7.43. The van der Waals surface area contributed by atoms with Gasteiger partial charge in [-0.05, 0) is 19.1 Å². The van der Waals surface area contributed by atoms with Gasteiger partial charge in [-0.25, -0.2) is 14.2 Å². The van der Waals surface area contributed by atoms with E-state index in [-0.39, 0.29) is 5.69 Å². The molecule has 3 aromatic rings. The molecule has 0 atom stereocenters. The Hall–Kier alpha value is -2.61. The van der Waals surface area contributed by atoms with Gasteiger partial charge in [0.2, 0.25) is 5.88 Å². The van der Waals surface area contributed by atoms with Crippen LogP contribution in [-0.4, -0.2) is 37.6 Å². The second kappa shape index (κ2) is 6.25. The fourth-order valence-electron chi connectivity index (χ4n) is 2.65. The smallest absolute Gasteiger partial charge is 0.350 e. The number of aromatic nitrogens is 5. The van der Waals surface area contributed by atoms with E-state index in [1.54, 1.807) is 18.0 Å². The largest absolute Gasteiger partial charge is 0.481 e. The minimum atomic E-state index is -0.127. The van der Waals surface area contributed by atoms with Gasteiger partial charge in [-0.2, -0.15) is 5.10 Å². The van der Waals surface area contributed by atoms with Crippen molar-refractivity contribution in [1.82, 2.24) is 29.3 Å². The maximum atomic E-state index is 12.2. The van der Waals surface area contributed by atoms with Crippen molar-refractivity contribution in [3.63, 3.8) is 0 Å². The van der Waals surface area contributed by atoms with Crippen LogP contribution in [0.3, 0.4) is 0 Å². The summed E-state index contributed by atoms with van der Waals surface area (Å²) in [5.41, 5.74) is 2.49. The molecule has 0 aliphatic carbocycles. The highest BCUT2D eigenvalue weighted by Crippen LogP contribution is 2.20. The van der Waals surface area contributed by atoms with E-state index < -0.39 is 0 Å². The van der Waals surface area contributed by atoms with E-state index in [0.717, 1.165) is 17.1 Å². The minimum absolute atomic E-state index is 0.127. The summed E-state index contributed by atoms with van der Waals surface area (Å²) in [4.78, 5) is 12.2. The van der Waals surface area contributed by atoms with E-state index >= 15 is 0 Å². The maximum absolute atomic E-state index is 12.2. The maximum Gasteiger partial charge on any atom is 0.350 e. The SMILES string of the molecule is COc1c(CNCCn2nc3ccccn3c2=O)c(C)nn1C. The number of fused-ring (bicyclic) bond motifs is 1. The van der Waals surface area contributed by atoms with Gasteiger partial charge in [0, 0.05) is 26.3 Å². The van der Waals surface area contributed by atoms with Crippen LogP contribution in [0.2, 0.25) is 0 Å². The fraction of sp³-hybridized carbons (Fsp3) is 0.400. The molecule has 0 amide bonds. The van der Waals surface area contributed by atoms with Crippen molar-refractivity contribution in [1.29, 1.82) is 0 Å². The summed E-state index contributed by atoms with van der Waals surface area (Å²) < 4.78 is 10.1. The van der Waals surface area contributed by atoms with Gasteiger partial charge in [0.1, 0.15) is 0 Å². The molecule has 3 heterocycles. The quantitative estimate of drug-likeness (QED) is 0.663. The summed E-state index contributed by atoms with van der Waals surface area (Å²) in [5.74, 6) is 0.750.